The summed E-state index contributed by atoms with van der Waals surface area (Å²) in [6.07, 6.45) is 4.03. The van der Waals surface area contributed by atoms with Crippen molar-refractivity contribution in [2.45, 2.75) is 70.0 Å². The SMILES string of the molecule is CC(C)(C)c1nnsc1C(=O)N1C2CCC1CC(N)C2. The van der Waals surface area contributed by atoms with E-state index in [0.29, 0.717) is 17.0 Å². The number of rotatable bonds is 1. The first-order chi connectivity index (χ1) is 9.38. The van der Waals surface area contributed by atoms with Gasteiger partial charge in [-0.1, -0.05) is 25.3 Å². The second-order valence-corrected chi connectivity index (χ2v) is 7.78. The van der Waals surface area contributed by atoms with Gasteiger partial charge in [0.1, 0.15) is 4.88 Å². The van der Waals surface area contributed by atoms with E-state index in [9.17, 15) is 4.79 Å². The zero-order valence-electron chi connectivity index (χ0n) is 12.3. The number of piperidine rings is 1. The van der Waals surface area contributed by atoms with Gasteiger partial charge in [0.25, 0.3) is 5.91 Å². The van der Waals surface area contributed by atoms with Gasteiger partial charge in [-0.05, 0) is 37.2 Å². The monoisotopic (exact) mass is 294 g/mol. The van der Waals surface area contributed by atoms with Crippen molar-refractivity contribution < 1.29 is 4.79 Å². The minimum absolute atomic E-state index is 0.115. The van der Waals surface area contributed by atoms with E-state index in [0.717, 1.165) is 31.4 Å². The summed E-state index contributed by atoms with van der Waals surface area (Å²) in [5.74, 6) is 0.115. The number of nitrogens with zero attached hydrogens (tertiary/aromatic N) is 3. The second kappa shape index (κ2) is 4.77. The first-order valence-corrected chi connectivity index (χ1v) is 8.06. The maximum atomic E-state index is 12.9. The molecule has 2 atom stereocenters. The van der Waals surface area contributed by atoms with Gasteiger partial charge in [0.05, 0.1) is 5.69 Å². The van der Waals surface area contributed by atoms with Gasteiger partial charge < -0.3 is 10.6 Å². The lowest BCUT2D eigenvalue weighted by Crippen LogP contribution is -2.50. The van der Waals surface area contributed by atoms with Gasteiger partial charge in [-0.25, -0.2) is 0 Å². The number of hydrogen-bond acceptors (Lipinski definition) is 5. The first-order valence-electron chi connectivity index (χ1n) is 7.29. The molecule has 0 aliphatic carbocycles. The van der Waals surface area contributed by atoms with E-state index in [1.807, 2.05) is 0 Å². The van der Waals surface area contributed by atoms with Crippen LogP contribution in [0.2, 0.25) is 0 Å². The predicted molar refractivity (Wildman–Crippen MR) is 78.8 cm³/mol. The highest BCUT2D eigenvalue weighted by atomic mass is 32.1. The molecular formula is C14H22N4OS. The molecule has 3 heterocycles. The second-order valence-electron chi connectivity index (χ2n) is 7.03. The zero-order chi connectivity index (χ0) is 14.5. The van der Waals surface area contributed by atoms with Crippen molar-refractivity contribution >= 4 is 17.4 Å². The number of carbonyl (C=O) groups is 1. The van der Waals surface area contributed by atoms with E-state index in [4.69, 9.17) is 5.73 Å². The molecule has 5 nitrogen and oxygen atoms in total. The number of fused-ring (bicyclic) bond motifs is 2. The van der Waals surface area contributed by atoms with Crippen molar-refractivity contribution in [2.75, 3.05) is 0 Å². The highest BCUT2D eigenvalue weighted by Gasteiger charge is 2.44. The number of aromatic nitrogens is 2. The summed E-state index contributed by atoms with van der Waals surface area (Å²) in [4.78, 5) is 15.7. The van der Waals surface area contributed by atoms with Crippen LogP contribution in [0.1, 0.15) is 61.8 Å². The number of carbonyl (C=O) groups excluding carboxylic acids is 1. The molecule has 2 N–H and O–H groups in total. The Labute approximate surface area is 123 Å². The fourth-order valence-electron chi connectivity index (χ4n) is 3.49. The molecule has 110 valence electrons. The van der Waals surface area contributed by atoms with Gasteiger partial charge >= 0.3 is 0 Å². The Morgan fingerprint density at radius 3 is 2.45 bits per heavy atom. The Bertz CT molecular complexity index is 507. The van der Waals surface area contributed by atoms with E-state index < -0.39 is 0 Å². The molecule has 2 unspecified atom stereocenters. The van der Waals surface area contributed by atoms with Crippen LogP contribution in [0.4, 0.5) is 0 Å². The molecule has 3 rings (SSSR count). The van der Waals surface area contributed by atoms with Crippen LogP contribution in [0.5, 0.6) is 0 Å². The molecule has 2 saturated heterocycles. The lowest BCUT2D eigenvalue weighted by atomic mass is 9.90. The van der Waals surface area contributed by atoms with Crippen molar-refractivity contribution in [3.63, 3.8) is 0 Å². The van der Waals surface area contributed by atoms with E-state index >= 15 is 0 Å². The Morgan fingerprint density at radius 1 is 1.30 bits per heavy atom. The van der Waals surface area contributed by atoms with Crippen molar-refractivity contribution in [1.29, 1.82) is 0 Å². The molecule has 1 aromatic heterocycles. The summed E-state index contributed by atoms with van der Waals surface area (Å²) in [7, 11) is 0. The van der Waals surface area contributed by atoms with Crippen LogP contribution in [-0.2, 0) is 5.41 Å². The van der Waals surface area contributed by atoms with Crippen LogP contribution >= 0.6 is 11.5 Å². The normalized spacial score (nSPS) is 29.8. The average molecular weight is 294 g/mol. The standard InChI is InChI=1S/C14H22N4OS/c1-14(2,3)12-11(20-17-16-12)13(19)18-9-4-5-10(18)7-8(15)6-9/h8-10H,4-7,15H2,1-3H3. The minimum Gasteiger partial charge on any atom is -0.332 e. The molecule has 0 saturated carbocycles. The highest BCUT2D eigenvalue weighted by molar-refractivity contribution is 7.08. The van der Waals surface area contributed by atoms with Crippen LogP contribution < -0.4 is 5.73 Å². The van der Waals surface area contributed by atoms with Gasteiger partial charge in [0.15, 0.2) is 0 Å². The number of nitrogens with two attached hydrogens (primary N) is 1. The van der Waals surface area contributed by atoms with Crippen molar-refractivity contribution in [2.24, 2.45) is 5.73 Å². The summed E-state index contributed by atoms with van der Waals surface area (Å²) in [6.45, 7) is 6.21. The van der Waals surface area contributed by atoms with Crippen LogP contribution in [0.15, 0.2) is 0 Å². The fraction of sp³-hybridized carbons (Fsp3) is 0.786. The summed E-state index contributed by atoms with van der Waals surface area (Å²) in [5, 5.41) is 4.19. The quantitative estimate of drug-likeness (QED) is 0.859. The van der Waals surface area contributed by atoms with Gasteiger partial charge in [-0.3, -0.25) is 4.79 Å². The van der Waals surface area contributed by atoms with Crippen LogP contribution in [-0.4, -0.2) is 38.5 Å². The molecular weight excluding hydrogens is 272 g/mol. The van der Waals surface area contributed by atoms with Gasteiger partial charge in [0.2, 0.25) is 0 Å². The number of hydrogen-bond donors (Lipinski definition) is 1. The fourth-order valence-corrected chi connectivity index (χ4v) is 4.31. The summed E-state index contributed by atoms with van der Waals surface area (Å²) >= 11 is 1.23. The van der Waals surface area contributed by atoms with Gasteiger partial charge in [-0.15, -0.1) is 5.10 Å². The molecule has 1 amide bonds. The van der Waals surface area contributed by atoms with Crippen molar-refractivity contribution in [3.8, 4) is 0 Å². The van der Waals surface area contributed by atoms with Crippen LogP contribution in [0, 0.1) is 0 Å². The summed E-state index contributed by atoms with van der Waals surface area (Å²) in [5.41, 5.74) is 6.75. The number of amides is 1. The van der Waals surface area contributed by atoms with Crippen LogP contribution in [0.3, 0.4) is 0 Å². The lowest BCUT2D eigenvalue weighted by Gasteiger charge is -2.37. The Morgan fingerprint density at radius 2 is 1.90 bits per heavy atom. The van der Waals surface area contributed by atoms with E-state index in [1.165, 1.54) is 11.5 Å². The topological polar surface area (TPSA) is 72.1 Å². The molecule has 2 fully saturated rings. The molecule has 0 radical (unpaired) electrons. The highest BCUT2D eigenvalue weighted by Crippen LogP contribution is 2.37. The Kier molecular flexibility index (Phi) is 3.33. The molecule has 1 aromatic rings. The van der Waals surface area contributed by atoms with E-state index in [-0.39, 0.29) is 17.4 Å². The molecule has 20 heavy (non-hydrogen) atoms. The molecule has 0 aromatic carbocycles. The largest absolute Gasteiger partial charge is 0.332 e. The Balaban J connectivity index is 1.89. The van der Waals surface area contributed by atoms with Gasteiger partial charge in [0, 0.05) is 23.5 Å². The van der Waals surface area contributed by atoms with Crippen molar-refractivity contribution in [1.82, 2.24) is 14.5 Å². The molecule has 2 aliphatic heterocycles. The summed E-state index contributed by atoms with van der Waals surface area (Å²) in [6, 6.07) is 0.871. The first kappa shape index (κ1) is 13.9. The third-order valence-electron chi connectivity index (χ3n) is 4.40. The molecule has 2 bridgehead atoms. The summed E-state index contributed by atoms with van der Waals surface area (Å²) < 4.78 is 4.01. The Hall–Kier alpha value is -1.01. The molecule has 6 heteroatoms. The van der Waals surface area contributed by atoms with E-state index in [1.54, 1.807) is 0 Å². The maximum Gasteiger partial charge on any atom is 0.268 e. The molecule has 2 aliphatic rings. The smallest absolute Gasteiger partial charge is 0.268 e. The maximum absolute atomic E-state index is 12.9. The molecule has 0 spiro atoms. The minimum atomic E-state index is -0.150. The zero-order valence-corrected chi connectivity index (χ0v) is 13.1. The third kappa shape index (κ3) is 2.24. The van der Waals surface area contributed by atoms with Crippen LogP contribution in [0.25, 0.3) is 0 Å². The third-order valence-corrected chi connectivity index (χ3v) is 5.11. The van der Waals surface area contributed by atoms with E-state index in [2.05, 4.69) is 35.3 Å². The lowest BCUT2D eigenvalue weighted by molar-refractivity contribution is 0.0577. The average Bonchev–Trinajstić information content (AvgIpc) is 2.92. The van der Waals surface area contributed by atoms with Crippen molar-refractivity contribution in [3.05, 3.63) is 10.6 Å². The van der Waals surface area contributed by atoms with Gasteiger partial charge in [-0.2, -0.15) is 0 Å². The predicted octanol–water partition coefficient (Wildman–Crippen LogP) is 1.93.